The number of nitrogen functional groups attached to an aromatic ring is 1. The van der Waals surface area contributed by atoms with Crippen LogP contribution in [-0.4, -0.2) is 29.5 Å². The number of aliphatic hydroxyl groups excluding tert-OH is 2. The van der Waals surface area contributed by atoms with Gasteiger partial charge in [0.15, 0.2) is 0 Å². The zero-order valence-corrected chi connectivity index (χ0v) is 7.57. The van der Waals surface area contributed by atoms with Gasteiger partial charge in [-0.25, -0.2) is 4.39 Å². The van der Waals surface area contributed by atoms with Crippen molar-refractivity contribution in [2.75, 3.05) is 24.2 Å². The largest absolute Gasteiger partial charge is 0.397 e. The summed E-state index contributed by atoms with van der Waals surface area (Å²) in [5.74, 6) is -0.407. The van der Waals surface area contributed by atoms with Crippen LogP contribution in [0.15, 0.2) is 18.2 Å². The molecule has 0 bridgehead atoms. The molecule has 0 amide bonds. The number of halogens is 1. The van der Waals surface area contributed by atoms with E-state index in [-0.39, 0.29) is 18.8 Å². The average molecular weight is 200 g/mol. The van der Waals surface area contributed by atoms with Crippen LogP contribution in [0.3, 0.4) is 0 Å². The molecule has 4 nitrogen and oxygen atoms in total. The molecule has 0 saturated carbocycles. The topological polar surface area (TPSA) is 78.5 Å². The van der Waals surface area contributed by atoms with Crippen molar-refractivity contribution >= 4 is 11.4 Å². The first-order valence-corrected chi connectivity index (χ1v) is 4.21. The fourth-order valence-electron chi connectivity index (χ4n) is 0.987. The highest BCUT2D eigenvalue weighted by Gasteiger charge is 2.04. The van der Waals surface area contributed by atoms with Gasteiger partial charge in [0, 0.05) is 6.54 Å². The van der Waals surface area contributed by atoms with E-state index in [1.807, 2.05) is 0 Å². The van der Waals surface area contributed by atoms with E-state index in [4.69, 9.17) is 15.9 Å². The number of nitrogens with two attached hydrogens (primary N) is 1. The van der Waals surface area contributed by atoms with Crippen molar-refractivity contribution in [3.05, 3.63) is 24.0 Å². The van der Waals surface area contributed by atoms with Crippen molar-refractivity contribution in [2.45, 2.75) is 6.10 Å². The zero-order chi connectivity index (χ0) is 10.6. The number of aliphatic hydroxyl groups is 2. The van der Waals surface area contributed by atoms with E-state index in [0.29, 0.717) is 5.69 Å². The third-order valence-electron chi connectivity index (χ3n) is 1.75. The Morgan fingerprint density at radius 1 is 1.50 bits per heavy atom. The molecule has 14 heavy (non-hydrogen) atoms. The summed E-state index contributed by atoms with van der Waals surface area (Å²) >= 11 is 0. The molecule has 5 N–H and O–H groups in total. The summed E-state index contributed by atoms with van der Waals surface area (Å²) in [4.78, 5) is 0. The molecule has 0 aliphatic rings. The van der Waals surface area contributed by atoms with Crippen molar-refractivity contribution in [2.24, 2.45) is 0 Å². The molecular formula is C9H13FN2O2. The first-order chi connectivity index (χ1) is 6.63. The first-order valence-electron chi connectivity index (χ1n) is 4.21. The average Bonchev–Trinajstić information content (AvgIpc) is 2.16. The van der Waals surface area contributed by atoms with Gasteiger partial charge in [0.1, 0.15) is 5.82 Å². The Kier molecular flexibility index (Phi) is 3.67. The smallest absolute Gasteiger partial charge is 0.125 e. The van der Waals surface area contributed by atoms with Gasteiger partial charge in [-0.3, -0.25) is 0 Å². The molecule has 0 aliphatic carbocycles. The molecule has 5 heteroatoms. The van der Waals surface area contributed by atoms with Crippen LogP contribution >= 0.6 is 0 Å². The Labute approximate surface area is 81.2 Å². The standard InChI is InChI=1S/C9H13FN2O2/c10-6-1-2-9(8(11)3-6)12-4-7(14)5-13/h1-3,7,12-14H,4-5,11H2. The molecular weight excluding hydrogens is 187 g/mol. The molecule has 1 atom stereocenters. The Morgan fingerprint density at radius 2 is 2.21 bits per heavy atom. The van der Waals surface area contributed by atoms with Gasteiger partial charge in [-0.15, -0.1) is 0 Å². The van der Waals surface area contributed by atoms with Crippen LogP contribution in [0.5, 0.6) is 0 Å². The first kappa shape index (κ1) is 10.7. The lowest BCUT2D eigenvalue weighted by molar-refractivity contribution is 0.105. The second-order valence-electron chi connectivity index (χ2n) is 2.95. The molecule has 0 radical (unpaired) electrons. The van der Waals surface area contributed by atoms with Crippen molar-refractivity contribution in [3.63, 3.8) is 0 Å². The maximum atomic E-state index is 12.6. The normalized spacial score (nSPS) is 12.5. The predicted molar refractivity (Wildman–Crippen MR) is 52.4 cm³/mol. The van der Waals surface area contributed by atoms with Crippen molar-refractivity contribution in [1.82, 2.24) is 0 Å². The number of rotatable bonds is 4. The highest BCUT2D eigenvalue weighted by Crippen LogP contribution is 2.18. The van der Waals surface area contributed by atoms with Crippen molar-refractivity contribution < 1.29 is 14.6 Å². The minimum absolute atomic E-state index is 0.173. The van der Waals surface area contributed by atoms with Gasteiger partial charge in [-0.1, -0.05) is 0 Å². The lowest BCUT2D eigenvalue weighted by atomic mass is 10.2. The van der Waals surface area contributed by atoms with E-state index in [2.05, 4.69) is 5.32 Å². The summed E-state index contributed by atoms with van der Waals surface area (Å²) in [6.07, 6.45) is -0.848. The molecule has 1 unspecified atom stereocenters. The number of hydrogen-bond donors (Lipinski definition) is 4. The fraction of sp³-hybridized carbons (Fsp3) is 0.333. The number of anilines is 2. The van der Waals surface area contributed by atoms with E-state index in [0.717, 1.165) is 0 Å². The summed E-state index contributed by atoms with van der Waals surface area (Å²) in [5.41, 5.74) is 6.32. The summed E-state index contributed by atoms with van der Waals surface area (Å²) in [6, 6.07) is 3.94. The Balaban J connectivity index is 2.59. The van der Waals surface area contributed by atoms with Gasteiger partial charge in [-0.05, 0) is 18.2 Å². The highest BCUT2D eigenvalue weighted by molar-refractivity contribution is 5.65. The number of nitrogens with one attached hydrogen (secondary N) is 1. The number of benzene rings is 1. The van der Waals surface area contributed by atoms with Crippen LogP contribution in [0.25, 0.3) is 0 Å². The zero-order valence-electron chi connectivity index (χ0n) is 7.57. The number of hydrogen-bond acceptors (Lipinski definition) is 4. The monoisotopic (exact) mass is 200 g/mol. The minimum Gasteiger partial charge on any atom is -0.397 e. The highest BCUT2D eigenvalue weighted by atomic mass is 19.1. The molecule has 0 spiro atoms. The van der Waals surface area contributed by atoms with Crippen molar-refractivity contribution in [1.29, 1.82) is 0 Å². The molecule has 0 heterocycles. The SMILES string of the molecule is Nc1cc(F)ccc1NCC(O)CO. The molecule has 0 aliphatic heterocycles. The van der Waals surface area contributed by atoms with E-state index in [9.17, 15) is 4.39 Å². The summed E-state index contributed by atoms with van der Waals surface area (Å²) in [6.45, 7) is -0.152. The summed E-state index contributed by atoms with van der Waals surface area (Å²) in [7, 11) is 0. The second-order valence-corrected chi connectivity index (χ2v) is 2.95. The van der Waals surface area contributed by atoms with Gasteiger partial charge < -0.3 is 21.3 Å². The van der Waals surface area contributed by atoms with Gasteiger partial charge >= 0.3 is 0 Å². The molecule has 1 aromatic carbocycles. The third kappa shape index (κ3) is 2.86. The molecule has 1 aromatic rings. The van der Waals surface area contributed by atoms with E-state index >= 15 is 0 Å². The molecule has 78 valence electrons. The van der Waals surface area contributed by atoms with Gasteiger partial charge in [0.2, 0.25) is 0 Å². The lowest BCUT2D eigenvalue weighted by Gasteiger charge is -2.11. The van der Waals surface area contributed by atoms with E-state index in [1.54, 1.807) is 0 Å². The van der Waals surface area contributed by atoms with E-state index in [1.165, 1.54) is 18.2 Å². The quantitative estimate of drug-likeness (QED) is 0.522. The van der Waals surface area contributed by atoms with Crippen LogP contribution in [0.2, 0.25) is 0 Å². The second kappa shape index (κ2) is 4.78. The Bertz CT molecular complexity index is 307. The van der Waals surface area contributed by atoms with Gasteiger partial charge in [0.25, 0.3) is 0 Å². The van der Waals surface area contributed by atoms with Crippen LogP contribution in [-0.2, 0) is 0 Å². The third-order valence-corrected chi connectivity index (χ3v) is 1.75. The Morgan fingerprint density at radius 3 is 2.79 bits per heavy atom. The lowest BCUT2D eigenvalue weighted by Crippen LogP contribution is -2.23. The minimum atomic E-state index is -0.848. The molecule has 0 saturated heterocycles. The molecule has 1 rings (SSSR count). The van der Waals surface area contributed by atoms with Gasteiger partial charge in [0.05, 0.1) is 24.1 Å². The Hall–Kier alpha value is -1.33. The van der Waals surface area contributed by atoms with Crippen LogP contribution in [0, 0.1) is 5.82 Å². The maximum Gasteiger partial charge on any atom is 0.125 e. The predicted octanol–water partition coefficient (Wildman–Crippen LogP) is 0.173. The van der Waals surface area contributed by atoms with Crippen LogP contribution in [0.1, 0.15) is 0 Å². The molecule has 0 aromatic heterocycles. The van der Waals surface area contributed by atoms with E-state index < -0.39 is 11.9 Å². The fourth-order valence-corrected chi connectivity index (χ4v) is 0.987. The summed E-state index contributed by atoms with van der Waals surface area (Å²) < 4.78 is 12.6. The van der Waals surface area contributed by atoms with Crippen LogP contribution in [0.4, 0.5) is 15.8 Å². The summed E-state index contributed by atoms with van der Waals surface area (Å²) in [5, 5.41) is 20.4. The molecule has 0 fully saturated rings. The van der Waals surface area contributed by atoms with Crippen LogP contribution < -0.4 is 11.1 Å². The maximum absolute atomic E-state index is 12.6. The van der Waals surface area contributed by atoms with Crippen molar-refractivity contribution in [3.8, 4) is 0 Å². The van der Waals surface area contributed by atoms with Gasteiger partial charge in [-0.2, -0.15) is 0 Å².